The maximum atomic E-state index is 11.4. The summed E-state index contributed by atoms with van der Waals surface area (Å²) in [6, 6.07) is 0.470. The number of hydrogen-bond donors (Lipinski definition) is 2. The van der Waals surface area contributed by atoms with Gasteiger partial charge in [-0.15, -0.1) is 0 Å². The van der Waals surface area contributed by atoms with Crippen molar-refractivity contribution in [3.63, 3.8) is 0 Å². The van der Waals surface area contributed by atoms with Crippen molar-refractivity contribution in [1.29, 1.82) is 0 Å². The Labute approximate surface area is 104 Å². The molecule has 98 valence electrons. The Morgan fingerprint density at radius 1 is 1.35 bits per heavy atom. The van der Waals surface area contributed by atoms with Gasteiger partial charge in [0, 0.05) is 19.1 Å². The van der Waals surface area contributed by atoms with Gasteiger partial charge in [-0.3, -0.25) is 0 Å². The van der Waals surface area contributed by atoms with Crippen LogP contribution in [-0.2, 0) is 0 Å². The van der Waals surface area contributed by atoms with Crippen LogP contribution < -0.4 is 10.6 Å². The summed E-state index contributed by atoms with van der Waals surface area (Å²) in [7, 11) is 0. The second-order valence-corrected chi connectivity index (χ2v) is 5.58. The van der Waals surface area contributed by atoms with E-state index in [9.17, 15) is 4.79 Å². The summed E-state index contributed by atoms with van der Waals surface area (Å²) in [4.78, 5) is 13.9. The molecule has 1 heterocycles. The van der Waals surface area contributed by atoms with E-state index in [-0.39, 0.29) is 6.03 Å². The number of urea groups is 1. The molecule has 4 nitrogen and oxygen atoms in total. The number of carbonyl (C=O) groups excluding carboxylic acids is 1. The fourth-order valence-electron chi connectivity index (χ4n) is 2.46. The molecule has 1 unspecified atom stereocenters. The molecule has 2 fully saturated rings. The lowest BCUT2D eigenvalue weighted by molar-refractivity contribution is 0.181. The minimum Gasteiger partial charge on any atom is -0.338 e. The summed E-state index contributed by atoms with van der Waals surface area (Å²) in [5, 5.41) is 5.86. The highest BCUT2D eigenvalue weighted by Crippen LogP contribution is 2.18. The summed E-state index contributed by atoms with van der Waals surface area (Å²) >= 11 is 0. The minimum absolute atomic E-state index is 0.0134. The van der Waals surface area contributed by atoms with E-state index >= 15 is 0 Å². The summed E-state index contributed by atoms with van der Waals surface area (Å²) in [5.41, 5.74) is 0. The molecule has 0 aromatic heterocycles. The monoisotopic (exact) mass is 239 g/mol. The van der Waals surface area contributed by atoms with Crippen molar-refractivity contribution in [2.45, 2.75) is 45.1 Å². The zero-order valence-electron chi connectivity index (χ0n) is 10.9. The van der Waals surface area contributed by atoms with Crippen LogP contribution in [0, 0.1) is 5.92 Å². The molecule has 0 aromatic carbocycles. The topological polar surface area (TPSA) is 44.4 Å². The van der Waals surface area contributed by atoms with Crippen LogP contribution in [0.25, 0.3) is 0 Å². The number of nitrogens with zero attached hydrogens (tertiary/aromatic N) is 1. The van der Waals surface area contributed by atoms with Crippen molar-refractivity contribution in [3.8, 4) is 0 Å². The van der Waals surface area contributed by atoms with E-state index in [1.807, 2.05) is 0 Å². The number of carbonyl (C=O) groups is 1. The largest absolute Gasteiger partial charge is 0.338 e. The maximum Gasteiger partial charge on any atom is 0.315 e. The van der Waals surface area contributed by atoms with Crippen molar-refractivity contribution in [1.82, 2.24) is 15.5 Å². The van der Waals surface area contributed by atoms with Gasteiger partial charge in [-0.05, 0) is 51.1 Å². The first-order valence-electron chi connectivity index (χ1n) is 7.01. The second-order valence-electron chi connectivity index (χ2n) is 5.58. The lowest BCUT2D eigenvalue weighted by atomic mass is 10.0. The Bertz CT molecular complexity index is 253. The van der Waals surface area contributed by atoms with Crippen molar-refractivity contribution in [2.24, 2.45) is 5.92 Å². The van der Waals surface area contributed by atoms with E-state index in [2.05, 4.69) is 22.5 Å². The third kappa shape index (κ3) is 4.94. The van der Waals surface area contributed by atoms with E-state index in [4.69, 9.17) is 0 Å². The normalized spacial score (nSPS) is 25.6. The number of rotatable bonds is 5. The summed E-state index contributed by atoms with van der Waals surface area (Å²) < 4.78 is 0. The Balaban J connectivity index is 1.48. The lowest BCUT2D eigenvalue weighted by Crippen LogP contribution is -2.39. The van der Waals surface area contributed by atoms with Gasteiger partial charge in [-0.25, -0.2) is 4.79 Å². The number of amides is 2. The van der Waals surface area contributed by atoms with Gasteiger partial charge in [0.25, 0.3) is 0 Å². The highest BCUT2D eigenvalue weighted by molar-refractivity contribution is 5.74. The van der Waals surface area contributed by atoms with Crippen molar-refractivity contribution >= 4 is 6.03 Å². The average Bonchev–Trinajstić information content (AvgIpc) is 3.08. The van der Waals surface area contributed by atoms with Gasteiger partial charge in [-0.1, -0.05) is 6.92 Å². The van der Waals surface area contributed by atoms with Crippen LogP contribution in [-0.4, -0.2) is 43.2 Å². The zero-order valence-corrected chi connectivity index (χ0v) is 10.9. The Morgan fingerprint density at radius 2 is 2.18 bits per heavy atom. The highest BCUT2D eigenvalue weighted by Gasteiger charge is 2.22. The van der Waals surface area contributed by atoms with Gasteiger partial charge >= 0.3 is 6.03 Å². The van der Waals surface area contributed by atoms with Crippen molar-refractivity contribution < 1.29 is 4.79 Å². The second kappa shape index (κ2) is 6.24. The Morgan fingerprint density at radius 3 is 2.88 bits per heavy atom. The van der Waals surface area contributed by atoms with Gasteiger partial charge < -0.3 is 15.5 Å². The van der Waals surface area contributed by atoms with Crippen LogP contribution in [0.2, 0.25) is 0 Å². The number of likely N-dealkylation sites (tertiary alicyclic amines) is 1. The number of nitrogens with one attached hydrogen (secondary N) is 2. The predicted octanol–water partition coefficient (Wildman–Crippen LogP) is 1.57. The quantitative estimate of drug-likeness (QED) is 0.715. The molecule has 2 N–H and O–H groups in total. The molecule has 0 spiro atoms. The third-order valence-corrected chi connectivity index (χ3v) is 3.59. The Hall–Kier alpha value is -0.770. The molecule has 1 atom stereocenters. The van der Waals surface area contributed by atoms with Gasteiger partial charge in [0.05, 0.1) is 0 Å². The molecular formula is C13H25N3O. The predicted molar refractivity (Wildman–Crippen MR) is 69.0 cm³/mol. The van der Waals surface area contributed by atoms with Gasteiger partial charge in [0.2, 0.25) is 0 Å². The smallest absolute Gasteiger partial charge is 0.315 e. The van der Waals surface area contributed by atoms with Crippen LogP contribution in [0.3, 0.4) is 0 Å². The molecular weight excluding hydrogens is 214 g/mol. The molecule has 2 rings (SSSR count). The lowest BCUT2D eigenvalue weighted by Gasteiger charge is -2.30. The highest BCUT2D eigenvalue weighted by atomic mass is 16.2. The molecule has 2 aliphatic rings. The summed E-state index contributed by atoms with van der Waals surface area (Å²) in [5.74, 6) is 0.842. The fourth-order valence-corrected chi connectivity index (χ4v) is 2.46. The molecule has 4 heteroatoms. The van der Waals surface area contributed by atoms with Crippen LogP contribution in [0.1, 0.15) is 39.0 Å². The minimum atomic E-state index is 0.0134. The van der Waals surface area contributed by atoms with Crippen LogP contribution in [0.15, 0.2) is 0 Å². The maximum absolute atomic E-state index is 11.4. The van der Waals surface area contributed by atoms with Gasteiger partial charge in [0.1, 0.15) is 0 Å². The first kappa shape index (κ1) is 12.7. The molecule has 2 amide bonds. The van der Waals surface area contributed by atoms with E-state index in [0.717, 1.165) is 38.3 Å². The zero-order chi connectivity index (χ0) is 12.1. The summed E-state index contributed by atoms with van der Waals surface area (Å²) in [6.07, 6.45) is 6.07. The first-order chi connectivity index (χ1) is 8.24. The third-order valence-electron chi connectivity index (χ3n) is 3.59. The molecule has 1 aliphatic carbocycles. The molecule has 1 saturated heterocycles. The molecule has 0 aromatic rings. The van der Waals surface area contributed by atoms with E-state index in [1.54, 1.807) is 0 Å². The SMILES string of the molecule is CC1CCCN(CCCNC(=O)NC2CC2)C1. The van der Waals surface area contributed by atoms with E-state index in [0.29, 0.717) is 6.04 Å². The molecule has 1 aliphatic heterocycles. The van der Waals surface area contributed by atoms with Crippen LogP contribution in [0.5, 0.6) is 0 Å². The van der Waals surface area contributed by atoms with Crippen LogP contribution in [0.4, 0.5) is 4.79 Å². The van der Waals surface area contributed by atoms with E-state index < -0.39 is 0 Å². The molecule has 0 bridgehead atoms. The Kier molecular flexibility index (Phi) is 4.66. The first-order valence-corrected chi connectivity index (χ1v) is 7.01. The van der Waals surface area contributed by atoms with Crippen molar-refractivity contribution in [2.75, 3.05) is 26.2 Å². The van der Waals surface area contributed by atoms with E-state index in [1.165, 1.54) is 25.9 Å². The molecule has 0 radical (unpaired) electrons. The molecule has 17 heavy (non-hydrogen) atoms. The number of hydrogen-bond acceptors (Lipinski definition) is 2. The number of piperidine rings is 1. The fraction of sp³-hybridized carbons (Fsp3) is 0.923. The van der Waals surface area contributed by atoms with Gasteiger partial charge in [-0.2, -0.15) is 0 Å². The summed E-state index contributed by atoms with van der Waals surface area (Å²) in [6.45, 7) is 6.71. The average molecular weight is 239 g/mol. The van der Waals surface area contributed by atoms with Crippen LogP contribution >= 0.6 is 0 Å². The van der Waals surface area contributed by atoms with Gasteiger partial charge in [0.15, 0.2) is 0 Å². The van der Waals surface area contributed by atoms with Crippen molar-refractivity contribution in [3.05, 3.63) is 0 Å². The molecule has 1 saturated carbocycles. The standard InChI is InChI=1S/C13H25N3O/c1-11-4-2-8-16(10-11)9-3-7-14-13(17)15-12-5-6-12/h11-12H,2-10H2,1H3,(H2,14,15,17).